The van der Waals surface area contributed by atoms with E-state index in [1.807, 2.05) is 13.0 Å². The molecule has 0 aliphatic heterocycles. The number of rotatable bonds is 7. The van der Waals surface area contributed by atoms with Gasteiger partial charge in [-0.2, -0.15) is 0 Å². The molecule has 1 aromatic carbocycles. The highest BCUT2D eigenvalue weighted by Gasteiger charge is 2.14. The highest BCUT2D eigenvalue weighted by Crippen LogP contribution is 2.21. The van der Waals surface area contributed by atoms with Gasteiger partial charge in [0.25, 0.3) is 0 Å². The molecule has 7 nitrogen and oxygen atoms in total. The third-order valence-corrected chi connectivity index (χ3v) is 3.11. The smallest absolute Gasteiger partial charge is 0.250 e. The molecule has 2 aromatic rings. The molecule has 7 heteroatoms. The quantitative estimate of drug-likeness (QED) is 0.724. The molecular formula is C16H22N4O3. The van der Waals surface area contributed by atoms with Crippen LogP contribution in [0.1, 0.15) is 38.6 Å². The standard InChI is InChI=1S/C16H22N4O3/c1-10(2)7-15-19-20-16(23-15)11(3)17-12-5-4-6-13(8-12)18-14(22)9-21/h4-6,8,10-11,17,21H,7,9H2,1-3H3,(H,18,22)/t11-/m0/s1. The summed E-state index contributed by atoms with van der Waals surface area (Å²) in [4.78, 5) is 11.2. The van der Waals surface area contributed by atoms with E-state index < -0.39 is 12.5 Å². The molecule has 2 rings (SSSR count). The van der Waals surface area contributed by atoms with E-state index >= 15 is 0 Å². The van der Waals surface area contributed by atoms with E-state index in [1.54, 1.807) is 18.2 Å². The summed E-state index contributed by atoms with van der Waals surface area (Å²) in [6, 6.07) is 7.04. The predicted octanol–water partition coefficient (Wildman–Crippen LogP) is 2.37. The van der Waals surface area contributed by atoms with E-state index in [-0.39, 0.29) is 6.04 Å². The molecule has 0 bridgehead atoms. The van der Waals surface area contributed by atoms with Crippen molar-refractivity contribution in [2.45, 2.75) is 33.2 Å². The predicted molar refractivity (Wildman–Crippen MR) is 87.0 cm³/mol. The van der Waals surface area contributed by atoms with E-state index in [0.29, 0.717) is 23.4 Å². The molecule has 1 atom stereocenters. The number of aliphatic hydroxyl groups is 1. The third kappa shape index (κ3) is 5.07. The summed E-state index contributed by atoms with van der Waals surface area (Å²) in [5, 5.41) is 22.7. The summed E-state index contributed by atoms with van der Waals surface area (Å²) < 4.78 is 5.65. The second-order valence-electron chi connectivity index (χ2n) is 5.79. The molecule has 0 unspecified atom stereocenters. The van der Waals surface area contributed by atoms with Gasteiger partial charge in [0.15, 0.2) is 0 Å². The number of benzene rings is 1. The Bertz CT molecular complexity index is 654. The Morgan fingerprint density at radius 2 is 2.00 bits per heavy atom. The Balaban J connectivity index is 2.02. The van der Waals surface area contributed by atoms with Gasteiger partial charge in [-0.25, -0.2) is 0 Å². The van der Waals surface area contributed by atoms with E-state index in [1.165, 1.54) is 0 Å². The fourth-order valence-electron chi connectivity index (χ4n) is 2.07. The molecule has 0 saturated heterocycles. The van der Waals surface area contributed by atoms with Gasteiger partial charge in [0.2, 0.25) is 17.7 Å². The number of carbonyl (C=O) groups is 1. The molecule has 124 valence electrons. The van der Waals surface area contributed by atoms with Gasteiger partial charge in [0, 0.05) is 17.8 Å². The van der Waals surface area contributed by atoms with Gasteiger partial charge in [-0.1, -0.05) is 19.9 Å². The second-order valence-corrected chi connectivity index (χ2v) is 5.79. The number of aromatic nitrogens is 2. The number of anilines is 2. The van der Waals surface area contributed by atoms with Crippen LogP contribution in [0, 0.1) is 5.92 Å². The van der Waals surface area contributed by atoms with Crippen molar-refractivity contribution in [1.82, 2.24) is 10.2 Å². The fraction of sp³-hybridized carbons (Fsp3) is 0.438. The van der Waals surface area contributed by atoms with Crippen LogP contribution in [0.5, 0.6) is 0 Å². The van der Waals surface area contributed by atoms with Crippen LogP contribution >= 0.6 is 0 Å². The van der Waals surface area contributed by atoms with Crippen LogP contribution in [0.15, 0.2) is 28.7 Å². The SMILES string of the molecule is CC(C)Cc1nnc([C@H](C)Nc2cccc(NC(=O)CO)c2)o1. The molecule has 0 fully saturated rings. The van der Waals surface area contributed by atoms with Crippen molar-refractivity contribution in [3.05, 3.63) is 36.0 Å². The van der Waals surface area contributed by atoms with Crippen molar-refractivity contribution < 1.29 is 14.3 Å². The van der Waals surface area contributed by atoms with Crippen molar-refractivity contribution in [1.29, 1.82) is 0 Å². The lowest BCUT2D eigenvalue weighted by Crippen LogP contribution is -2.15. The maximum absolute atomic E-state index is 11.2. The topological polar surface area (TPSA) is 100 Å². The van der Waals surface area contributed by atoms with Crippen LogP contribution in [-0.4, -0.2) is 27.8 Å². The van der Waals surface area contributed by atoms with Crippen molar-refractivity contribution in [2.75, 3.05) is 17.2 Å². The number of nitrogens with zero attached hydrogens (tertiary/aromatic N) is 2. The van der Waals surface area contributed by atoms with E-state index in [0.717, 1.165) is 12.1 Å². The molecule has 3 N–H and O–H groups in total. The van der Waals surface area contributed by atoms with Crippen LogP contribution in [-0.2, 0) is 11.2 Å². The van der Waals surface area contributed by atoms with E-state index in [2.05, 4.69) is 34.7 Å². The van der Waals surface area contributed by atoms with Crippen LogP contribution in [0.4, 0.5) is 11.4 Å². The summed E-state index contributed by atoms with van der Waals surface area (Å²) in [6.07, 6.45) is 0.752. The molecule has 0 radical (unpaired) electrons. The first-order chi connectivity index (χ1) is 11.0. The van der Waals surface area contributed by atoms with Crippen molar-refractivity contribution in [3.63, 3.8) is 0 Å². The normalized spacial score (nSPS) is 12.2. The molecule has 0 saturated carbocycles. The Labute approximate surface area is 135 Å². The van der Waals surface area contributed by atoms with Gasteiger partial charge in [-0.05, 0) is 31.0 Å². The number of aliphatic hydroxyl groups excluding tert-OH is 1. The average Bonchev–Trinajstić information content (AvgIpc) is 2.95. The Hall–Kier alpha value is -2.41. The molecule has 1 heterocycles. The summed E-state index contributed by atoms with van der Waals surface area (Å²) in [6.45, 7) is 5.57. The summed E-state index contributed by atoms with van der Waals surface area (Å²) in [5.41, 5.74) is 1.41. The number of hydrogen-bond acceptors (Lipinski definition) is 6. The fourth-order valence-corrected chi connectivity index (χ4v) is 2.07. The van der Waals surface area contributed by atoms with Gasteiger partial charge in [0.1, 0.15) is 12.6 Å². The molecule has 23 heavy (non-hydrogen) atoms. The Morgan fingerprint density at radius 3 is 2.70 bits per heavy atom. The first kappa shape index (κ1) is 17.0. The van der Waals surface area contributed by atoms with Gasteiger partial charge in [0.05, 0.1) is 0 Å². The summed E-state index contributed by atoms with van der Waals surface area (Å²) in [7, 11) is 0. The number of hydrogen-bond donors (Lipinski definition) is 3. The first-order valence-corrected chi connectivity index (χ1v) is 7.57. The van der Waals surface area contributed by atoms with E-state index in [9.17, 15) is 4.79 Å². The second kappa shape index (κ2) is 7.73. The van der Waals surface area contributed by atoms with Crippen molar-refractivity contribution in [3.8, 4) is 0 Å². The zero-order valence-corrected chi connectivity index (χ0v) is 13.5. The molecule has 1 aromatic heterocycles. The van der Waals surface area contributed by atoms with Gasteiger partial charge in [-0.3, -0.25) is 4.79 Å². The summed E-state index contributed by atoms with van der Waals surface area (Å²) >= 11 is 0. The minimum absolute atomic E-state index is 0.160. The highest BCUT2D eigenvalue weighted by atomic mass is 16.4. The largest absolute Gasteiger partial charge is 0.423 e. The lowest BCUT2D eigenvalue weighted by Gasteiger charge is -2.13. The molecule has 0 aliphatic carbocycles. The van der Waals surface area contributed by atoms with Crippen LogP contribution < -0.4 is 10.6 Å². The highest BCUT2D eigenvalue weighted by molar-refractivity contribution is 5.91. The average molecular weight is 318 g/mol. The third-order valence-electron chi connectivity index (χ3n) is 3.11. The van der Waals surface area contributed by atoms with Crippen LogP contribution in [0.3, 0.4) is 0 Å². The Morgan fingerprint density at radius 1 is 1.26 bits per heavy atom. The van der Waals surface area contributed by atoms with Crippen molar-refractivity contribution >= 4 is 17.3 Å². The van der Waals surface area contributed by atoms with E-state index in [4.69, 9.17) is 9.52 Å². The molecule has 0 aliphatic rings. The number of amides is 1. The molecular weight excluding hydrogens is 296 g/mol. The molecule has 0 spiro atoms. The maximum Gasteiger partial charge on any atom is 0.250 e. The zero-order chi connectivity index (χ0) is 16.8. The van der Waals surface area contributed by atoms with Crippen molar-refractivity contribution in [2.24, 2.45) is 5.92 Å². The summed E-state index contributed by atoms with van der Waals surface area (Å²) in [5.74, 6) is 1.15. The lowest BCUT2D eigenvalue weighted by molar-refractivity contribution is -0.118. The van der Waals surface area contributed by atoms with Gasteiger partial charge < -0.3 is 20.2 Å². The maximum atomic E-state index is 11.2. The minimum atomic E-state index is -0.547. The van der Waals surface area contributed by atoms with Crippen LogP contribution in [0.2, 0.25) is 0 Å². The van der Waals surface area contributed by atoms with Gasteiger partial charge in [-0.15, -0.1) is 10.2 Å². The monoisotopic (exact) mass is 318 g/mol. The zero-order valence-electron chi connectivity index (χ0n) is 13.5. The number of carbonyl (C=O) groups excluding carboxylic acids is 1. The molecule has 1 amide bonds. The Kier molecular flexibility index (Phi) is 5.70. The van der Waals surface area contributed by atoms with Gasteiger partial charge >= 0.3 is 0 Å². The minimum Gasteiger partial charge on any atom is -0.423 e. The number of nitrogens with one attached hydrogen (secondary N) is 2. The van der Waals surface area contributed by atoms with Crippen LogP contribution in [0.25, 0.3) is 0 Å². The first-order valence-electron chi connectivity index (χ1n) is 7.57. The lowest BCUT2D eigenvalue weighted by atomic mass is 10.1.